The maximum absolute atomic E-state index is 6.03. The zero-order chi connectivity index (χ0) is 12.1. The summed E-state index contributed by atoms with van der Waals surface area (Å²) in [6, 6.07) is 8.58. The van der Waals surface area contributed by atoms with Crippen molar-refractivity contribution in [2.24, 2.45) is 0 Å². The lowest BCUT2D eigenvalue weighted by atomic mass is 10.0. The van der Waals surface area contributed by atoms with Crippen molar-refractivity contribution < 1.29 is 0 Å². The van der Waals surface area contributed by atoms with Crippen molar-refractivity contribution >= 4 is 24.0 Å². The number of rotatable bonds is 5. The van der Waals surface area contributed by atoms with E-state index in [9.17, 15) is 0 Å². The molecule has 1 aliphatic rings. The second kappa shape index (κ2) is 8.00. The number of benzene rings is 1. The van der Waals surface area contributed by atoms with Crippen LogP contribution in [0.25, 0.3) is 0 Å². The van der Waals surface area contributed by atoms with E-state index < -0.39 is 0 Å². The molecule has 2 nitrogen and oxygen atoms in total. The number of likely N-dealkylation sites (tertiary alicyclic amines) is 1. The van der Waals surface area contributed by atoms with Crippen molar-refractivity contribution in [3.63, 3.8) is 0 Å². The quantitative estimate of drug-likeness (QED) is 0.892. The summed E-state index contributed by atoms with van der Waals surface area (Å²) < 4.78 is 0. The fourth-order valence-electron chi connectivity index (χ4n) is 2.52. The third kappa shape index (κ3) is 4.43. The van der Waals surface area contributed by atoms with Gasteiger partial charge >= 0.3 is 0 Å². The van der Waals surface area contributed by atoms with E-state index in [-0.39, 0.29) is 12.4 Å². The summed E-state index contributed by atoms with van der Waals surface area (Å²) >= 11 is 6.03. The third-order valence-electron chi connectivity index (χ3n) is 3.53. The molecule has 18 heavy (non-hydrogen) atoms. The molecule has 1 aromatic rings. The predicted octanol–water partition coefficient (Wildman–Crippen LogP) is 3.51. The van der Waals surface area contributed by atoms with Gasteiger partial charge in [0.05, 0.1) is 0 Å². The Balaban J connectivity index is 0.00000162. The van der Waals surface area contributed by atoms with Crippen molar-refractivity contribution in [3.05, 3.63) is 34.9 Å². The van der Waals surface area contributed by atoms with E-state index in [1.807, 2.05) is 19.2 Å². The molecule has 102 valence electrons. The Morgan fingerprint density at radius 2 is 2.06 bits per heavy atom. The van der Waals surface area contributed by atoms with Crippen molar-refractivity contribution in [1.82, 2.24) is 10.2 Å². The first kappa shape index (κ1) is 15.8. The summed E-state index contributed by atoms with van der Waals surface area (Å²) in [7, 11) is 2.02. The van der Waals surface area contributed by atoms with Gasteiger partial charge in [-0.15, -0.1) is 12.4 Å². The molecule has 1 atom stereocenters. The fraction of sp³-hybridized carbons (Fsp3) is 0.571. The van der Waals surface area contributed by atoms with Gasteiger partial charge in [0.1, 0.15) is 0 Å². The summed E-state index contributed by atoms with van der Waals surface area (Å²) in [5.41, 5.74) is 1.29. The molecule has 1 aliphatic heterocycles. The topological polar surface area (TPSA) is 15.3 Å². The second-order valence-corrected chi connectivity index (χ2v) is 5.17. The van der Waals surface area contributed by atoms with Crippen LogP contribution in [0.1, 0.15) is 30.9 Å². The highest BCUT2D eigenvalue weighted by atomic mass is 35.5. The largest absolute Gasteiger partial charge is 0.313 e. The summed E-state index contributed by atoms with van der Waals surface area (Å²) in [4.78, 5) is 2.55. The molecule has 1 heterocycles. The van der Waals surface area contributed by atoms with Crippen LogP contribution in [0.3, 0.4) is 0 Å². The predicted molar refractivity (Wildman–Crippen MR) is 80.8 cm³/mol. The molecule has 0 spiro atoms. The second-order valence-electron chi connectivity index (χ2n) is 4.73. The van der Waals surface area contributed by atoms with Gasteiger partial charge in [0.15, 0.2) is 0 Å². The molecule has 0 bridgehead atoms. The maximum Gasteiger partial charge on any atom is 0.0409 e. The monoisotopic (exact) mass is 288 g/mol. The number of nitrogens with one attached hydrogen (secondary N) is 1. The molecule has 4 heteroatoms. The lowest BCUT2D eigenvalue weighted by molar-refractivity contribution is 0.314. The third-order valence-corrected chi connectivity index (χ3v) is 3.77. The first-order chi connectivity index (χ1) is 8.29. The lowest BCUT2D eigenvalue weighted by Crippen LogP contribution is -2.26. The average Bonchev–Trinajstić information content (AvgIpc) is 2.83. The Kier molecular flexibility index (Phi) is 7.02. The van der Waals surface area contributed by atoms with Crippen molar-refractivity contribution in [2.45, 2.75) is 25.3 Å². The number of halogens is 2. The highest BCUT2D eigenvalue weighted by Gasteiger charge is 2.15. The smallest absolute Gasteiger partial charge is 0.0409 e. The van der Waals surface area contributed by atoms with Crippen LogP contribution in [-0.4, -0.2) is 31.6 Å². The van der Waals surface area contributed by atoms with E-state index in [0.29, 0.717) is 6.04 Å². The highest BCUT2D eigenvalue weighted by Crippen LogP contribution is 2.21. The Labute approximate surface area is 121 Å². The lowest BCUT2D eigenvalue weighted by Gasteiger charge is -2.21. The van der Waals surface area contributed by atoms with Crippen LogP contribution in [-0.2, 0) is 0 Å². The molecule has 0 aliphatic carbocycles. The van der Waals surface area contributed by atoms with Gasteiger partial charge in [-0.05, 0) is 63.6 Å². The number of nitrogens with zero attached hydrogens (tertiary/aromatic N) is 1. The molecule has 1 saturated heterocycles. The zero-order valence-electron chi connectivity index (χ0n) is 10.9. The summed E-state index contributed by atoms with van der Waals surface area (Å²) in [6.45, 7) is 3.72. The molecule has 0 aromatic heterocycles. The Hall–Kier alpha value is -0.280. The highest BCUT2D eigenvalue weighted by molar-refractivity contribution is 6.30. The molecule has 0 amide bonds. The molecule has 0 radical (unpaired) electrons. The van der Waals surface area contributed by atoms with Crippen LogP contribution in [0.15, 0.2) is 24.3 Å². The van der Waals surface area contributed by atoms with E-state index in [4.69, 9.17) is 11.6 Å². The molecule has 1 N–H and O–H groups in total. The molecule has 1 fully saturated rings. The molecule has 1 aromatic carbocycles. The minimum absolute atomic E-state index is 0. The maximum atomic E-state index is 6.03. The van der Waals surface area contributed by atoms with Gasteiger partial charge in [-0.25, -0.2) is 0 Å². The van der Waals surface area contributed by atoms with Crippen molar-refractivity contribution in [3.8, 4) is 0 Å². The van der Waals surface area contributed by atoms with Crippen molar-refractivity contribution in [2.75, 3.05) is 26.7 Å². The summed E-state index contributed by atoms with van der Waals surface area (Å²) in [6.07, 6.45) is 3.87. The average molecular weight is 289 g/mol. The van der Waals surface area contributed by atoms with Gasteiger partial charge in [-0.2, -0.15) is 0 Å². The van der Waals surface area contributed by atoms with Crippen LogP contribution in [0.4, 0.5) is 0 Å². The van der Waals surface area contributed by atoms with E-state index in [1.165, 1.54) is 38.0 Å². The van der Waals surface area contributed by atoms with Crippen LogP contribution >= 0.6 is 24.0 Å². The van der Waals surface area contributed by atoms with Crippen LogP contribution in [0.2, 0.25) is 5.02 Å². The molecule has 1 unspecified atom stereocenters. The van der Waals surface area contributed by atoms with Gasteiger partial charge in [0.25, 0.3) is 0 Å². The number of hydrogen-bond acceptors (Lipinski definition) is 2. The minimum Gasteiger partial charge on any atom is -0.313 e. The molecule has 2 rings (SSSR count). The Morgan fingerprint density at radius 3 is 2.67 bits per heavy atom. The van der Waals surface area contributed by atoms with E-state index >= 15 is 0 Å². The number of hydrogen-bond donors (Lipinski definition) is 1. The summed E-state index contributed by atoms with van der Waals surface area (Å²) in [5.74, 6) is 0. The Morgan fingerprint density at radius 1 is 1.33 bits per heavy atom. The van der Waals surface area contributed by atoms with Crippen molar-refractivity contribution in [1.29, 1.82) is 0 Å². The SMILES string of the molecule is CNC(CCN1CCCC1)c1cccc(Cl)c1.Cl. The Bertz CT molecular complexity index is 351. The molecular weight excluding hydrogens is 267 g/mol. The van der Waals surface area contributed by atoms with Gasteiger partial charge in [-0.3, -0.25) is 0 Å². The summed E-state index contributed by atoms with van der Waals surface area (Å²) in [5, 5.41) is 4.21. The van der Waals surface area contributed by atoms with Gasteiger partial charge in [0, 0.05) is 11.1 Å². The molecule has 0 saturated carbocycles. The standard InChI is InChI=1S/C14H21ClN2.ClH/c1-16-14(7-10-17-8-2-3-9-17)12-5-4-6-13(15)11-12;/h4-6,11,14,16H,2-3,7-10H2,1H3;1H. The van der Waals surface area contributed by atoms with E-state index in [1.54, 1.807) is 0 Å². The van der Waals surface area contributed by atoms with Crippen LogP contribution in [0, 0.1) is 0 Å². The first-order valence-electron chi connectivity index (χ1n) is 6.44. The fourth-order valence-corrected chi connectivity index (χ4v) is 2.72. The van der Waals surface area contributed by atoms with Gasteiger partial charge in [0.2, 0.25) is 0 Å². The normalized spacial score (nSPS) is 17.4. The van der Waals surface area contributed by atoms with E-state index in [2.05, 4.69) is 22.3 Å². The minimum atomic E-state index is 0. The van der Waals surface area contributed by atoms with Gasteiger partial charge in [-0.1, -0.05) is 23.7 Å². The zero-order valence-corrected chi connectivity index (χ0v) is 12.4. The molecular formula is C14H22Cl2N2. The van der Waals surface area contributed by atoms with Crippen LogP contribution in [0.5, 0.6) is 0 Å². The van der Waals surface area contributed by atoms with Crippen LogP contribution < -0.4 is 5.32 Å². The first-order valence-corrected chi connectivity index (χ1v) is 6.82. The van der Waals surface area contributed by atoms with E-state index in [0.717, 1.165) is 11.4 Å². The van der Waals surface area contributed by atoms with Gasteiger partial charge < -0.3 is 10.2 Å².